The van der Waals surface area contributed by atoms with Gasteiger partial charge in [-0.1, -0.05) is 0 Å². The molecule has 0 fully saturated rings. The van der Waals surface area contributed by atoms with Crippen LogP contribution in [0.1, 0.15) is 20.8 Å². The van der Waals surface area contributed by atoms with Crippen molar-refractivity contribution in [2.24, 2.45) is 11.7 Å². The summed E-state index contributed by atoms with van der Waals surface area (Å²) in [6.07, 6.45) is -0.325. The standard InChI is InChI=1S/C12H28N8O3Si/c1-4-21-8(7-24)12(22-5-2,23-6-3)18-9-15-10(19-13)17-11(16-9)20-14/h8H,4-7,13-14H2,1-3,24H3,(H3,15,16,17,18,19,20). The van der Waals surface area contributed by atoms with Crippen molar-refractivity contribution in [2.45, 2.75) is 38.8 Å². The quantitative estimate of drug-likeness (QED) is 0.132. The molecule has 138 valence electrons. The van der Waals surface area contributed by atoms with Gasteiger partial charge in [0.2, 0.25) is 17.8 Å². The molecule has 1 atom stereocenters. The number of nitrogens with two attached hydrogens (primary N) is 2. The number of anilines is 3. The predicted molar refractivity (Wildman–Crippen MR) is 95.2 cm³/mol. The van der Waals surface area contributed by atoms with Gasteiger partial charge in [-0.25, -0.2) is 11.7 Å². The van der Waals surface area contributed by atoms with E-state index in [1.54, 1.807) is 0 Å². The Bertz CT molecular complexity index is 467. The molecule has 0 amide bonds. The van der Waals surface area contributed by atoms with E-state index in [0.29, 0.717) is 19.8 Å². The Labute approximate surface area is 144 Å². The Morgan fingerprint density at radius 2 is 1.46 bits per heavy atom. The van der Waals surface area contributed by atoms with Crippen molar-refractivity contribution in [1.29, 1.82) is 0 Å². The van der Waals surface area contributed by atoms with Gasteiger partial charge in [0.15, 0.2) is 0 Å². The number of hydrogen-bond donors (Lipinski definition) is 5. The van der Waals surface area contributed by atoms with E-state index >= 15 is 0 Å². The summed E-state index contributed by atoms with van der Waals surface area (Å²) < 4.78 is 17.6. The first-order chi connectivity index (χ1) is 11.6. The third-order valence-corrected chi connectivity index (χ3v) is 3.80. The molecule has 1 unspecified atom stereocenters. The monoisotopic (exact) mass is 360 g/mol. The molecular formula is C12H28N8O3Si. The van der Waals surface area contributed by atoms with Crippen LogP contribution in [-0.2, 0) is 14.2 Å². The number of nitrogen functional groups attached to an aromatic ring is 2. The number of nitrogens with one attached hydrogen (secondary N) is 3. The third-order valence-electron chi connectivity index (χ3n) is 3.06. The zero-order chi connectivity index (χ0) is 18.0. The van der Waals surface area contributed by atoms with Crippen molar-refractivity contribution < 1.29 is 14.2 Å². The number of rotatable bonds is 12. The molecule has 0 aliphatic heterocycles. The smallest absolute Gasteiger partial charge is 0.278 e. The molecule has 12 heteroatoms. The molecular weight excluding hydrogens is 332 g/mol. The number of hydrazine groups is 2. The van der Waals surface area contributed by atoms with Gasteiger partial charge in [0.05, 0.1) is 0 Å². The van der Waals surface area contributed by atoms with Gasteiger partial charge in [-0.2, -0.15) is 15.0 Å². The highest BCUT2D eigenvalue weighted by Gasteiger charge is 2.42. The van der Waals surface area contributed by atoms with E-state index in [1.165, 1.54) is 0 Å². The van der Waals surface area contributed by atoms with Crippen LogP contribution in [0.4, 0.5) is 17.8 Å². The van der Waals surface area contributed by atoms with Crippen LogP contribution in [0.15, 0.2) is 0 Å². The third kappa shape index (κ3) is 5.22. The number of ether oxygens (including phenoxy) is 3. The zero-order valence-corrected chi connectivity index (χ0v) is 16.6. The summed E-state index contributed by atoms with van der Waals surface area (Å²) >= 11 is 0. The summed E-state index contributed by atoms with van der Waals surface area (Å²) in [6.45, 7) is 7.01. The fraction of sp³-hybridized carbons (Fsp3) is 0.750. The van der Waals surface area contributed by atoms with E-state index in [0.717, 1.165) is 16.3 Å². The SMILES string of the molecule is CCOC(C[SiH3])C(Nc1nc(NN)nc(NN)n1)(OCC)OCC. The lowest BCUT2D eigenvalue weighted by Crippen LogP contribution is -2.55. The van der Waals surface area contributed by atoms with E-state index < -0.39 is 5.91 Å². The maximum absolute atomic E-state index is 5.89. The minimum atomic E-state index is -1.22. The van der Waals surface area contributed by atoms with Crippen molar-refractivity contribution in [3.8, 4) is 0 Å². The molecule has 0 aliphatic carbocycles. The molecule has 0 saturated heterocycles. The molecule has 0 aliphatic rings. The lowest BCUT2D eigenvalue weighted by Gasteiger charge is -2.39. The Hall–Kier alpha value is -1.57. The second-order valence-corrected chi connectivity index (χ2v) is 5.42. The fourth-order valence-corrected chi connectivity index (χ4v) is 3.00. The summed E-state index contributed by atoms with van der Waals surface area (Å²) in [5.41, 5.74) is 4.71. The molecule has 0 aromatic carbocycles. The Balaban J connectivity index is 3.23. The minimum absolute atomic E-state index is 0.140. The van der Waals surface area contributed by atoms with E-state index in [4.69, 9.17) is 25.9 Å². The Morgan fingerprint density at radius 3 is 1.83 bits per heavy atom. The highest BCUT2D eigenvalue weighted by molar-refractivity contribution is 6.09. The first-order valence-electron chi connectivity index (χ1n) is 7.95. The molecule has 0 bridgehead atoms. The van der Waals surface area contributed by atoms with Gasteiger partial charge in [0.25, 0.3) is 5.91 Å². The van der Waals surface area contributed by atoms with Crippen molar-refractivity contribution in [3.05, 3.63) is 0 Å². The lowest BCUT2D eigenvalue weighted by molar-refractivity contribution is -0.267. The molecule has 11 nitrogen and oxygen atoms in total. The maximum atomic E-state index is 5.89. The number of aromatic nitrogens is 3. The van der Waals surface area contributed by atoms with Gasteiger partial charge in [-0.3, -0.25) is 10.9 Å². The van der Waals surface area contributed by atoms with Crippen LogP contribution in [0.25, 0.3) is 0 Å². The van der Waals surface area contributed by atoms with Crippen molar-refractivity contribution in [3.63, 3.8) is 0 Å². The van der Waals surface area contributed by atoms with Gasteiger partial charge >= 0.3 is 0 Å². The van der Waals surface area contributed by atoms with E-state index in [-0.39, 0.29) is 23.9 Å². The van der Waals surface area contributed by atoms with E-state index in [2.05, 4.69) is 31.1 Å². The summed E-state index contributed by atoms with van der Waals surface area (Å²) in [7, 11) is 0.904. The van der Waals surface area contributed by atoms with Gasteiger partial charge in [-0.05, 0) is 26.8 Å². The molecule has 1 rings (SSSR count). The predicted octanol–water partition coefficient (Wildman–Crippen LogP) is -1.23. The highest BCUT2D eigenvalue weighted by Crippen LogP contribution is 2.25. The Kier molecular flexibility index (Phi) is 8.81. The topological polar surface area (TPSA) is 154 Å². The molecule has 1 heterocycles. The van der Waals surface area contributed by atoms with Crippen molar-refractivity contribution in [1.82, 2.24) is 15.0 Å². The summed E-state index contributed by atoms with van der Waals surface area (Å²) in [6, 6.07) is 0.788. The van der Waals surface area contributed by atoms with Crippen molar-refractivity contribution >= 4 is 28.1 Å². The number of hydrogen-bond acceptors (Lipinski definition) is 11. The van der Waals surface area contributed by atoms with Crippen molar-refractivity contribution in [2.75, 3.05) is 36.0 Å². The highest BCUT2D eigenvalue weighted by atomic mass is 28.1. The van der Waals surface area contributed by atoms with Gasteiger partial charge < -0.3 is 19.5 Å². The molecule has 24 heavy (non-hydrogen) atoms. The van der Waals surface area contributed by atoms with Crippen LogP contribution >= 0.6 is 0 Å². The van der Waals surface area contributed by atoms with Crippen LogP contribution in [0.3, 0.4) is 0 Å². The second-order valence-electron chi connectivity index (χ2n) is 4.61. The Morgan fingerprint density at radius 1 is 0.958 bits per heavy atom. The van der Waals surface area contributed by atoms with Crippen LogP contribution in [-0.4, -0.2) is 57.0 Å². The molecule has 0 spiro atoms. The van der Waals surface area contributed by atoms with E-state index in [9.17, 15) is 0 Å². The maximum Gasteiger partial charge on any atom is 0.278 e. The molecule has 0 saturated carbocycles. The van der Waals surface area contributed by atoms with Crippen LogP contribution in [0.5, 0.6) is 0 Å². The van der Waals surface area contributed by atoms with Gasteiger partial charge in [-0.15, -0.1) is 0 Å². The fourth-order valence-electron chi connectivity index (χ4n) is 2.22. The second kappa shape index (κ2) is 10.3. The summed E-state index contributed by atoms with van der Waals surface area (Å²) in [5, 5.41) is 3.08. The number of nitrogens with zero attached hydrogens (tertiary/aromatic N) is 3. The lowest BCUT2D eigenvalue weighted by atomic mass is 10.2. The molecule has 1 aromatic heterocycles. The summed E-state index contributed by atoms with van der Waals surface area (Å²) in [5.74, 6) is 10.00. The van der Waals surface area contributed by atoms with Crippen LogP contribution < -0.4 is 27.9 Å². The largest absolute Gasteiger partial charge is 0.371 e. The zero-order valence-electron chi connectivity index (χ0n) is 14.6. The normalized spacial score (nSPS) is 12.9. The van der Waals surface area contributed by atoms with Gasteiger partial charge in [0, 0.05) is 30.1 Å². The van der Waals surface area contributed by atoms with E-state index in [1.807, 2.05) is 20.8 Å². The van der Waals surface area contributed by atoms with Crippen LogP contribution in [0.2, 0.25) is 6.04 Å². The molecule has 0 radical (unpaired) electrons. The molecule has 1 aromatic rings. The van der Waals surface area contributed by atoms with Crippen LogP contribution in [0, 0.1) is 0 Å². The molecule has 7 N–H and O–H groups in total. The summed E-state index contributed by atoms with van der Waals surface area (Å²) in [4.78, 5) is 12.3. The minimum Gasteiger partial charge on any atom is -0.371 e. The first kappa shape index (κ1) is 20.5. The average Bonchev–Trinajstić information content (AvgIpc) is 2.59. The average molecular weight is 360 g/mol. The first-order valence-corrected chi connectivity index (χ1v) is 9.37. The van der Waals surface area contributed by atoms with Gasteiger partial charge in [0.1, 0.15) is 6.10 Å².